The second-order valence-corrected chi connectivity index (χ2v) is 7.32. The minimum Gasteiger partial charge on any atom is -0.357 e. The van der Waals surface area contributed by atoms with Gasteiger partial charge in [0.25, 0.3) is 0 Å². The summed E-state index contributed by atoms with van der Waals surface area (Å²) < 4.78 is 5.47. The molecule has 0 bridgehead atoms. The molecule has 2 fully saturated rings. The van der Waals surface area contributed by atoms with Crippen LogP contribution in [0.5, 0.6) is 0 Å². The van der Waals surface area contributed by atoms with Crippen LogP contribution in [0.3, 0.4) is 0 Å². The van der Waals surface area contributed by atoms with Gasteiger partial charge in [-0.3, -0.25) is 4.90 Å². The number of pyridine rings is 1. The van der Waals surface area contributed by atoms with E-state index < -0.39 is 0 Å². The van der Waals surface area contributed by atoms with Crippen molar-refractivity contribution in [2.24, 2.45) is 0 Å². The zero-order valence-electron chi connectivity index (χ0n) is 15.0. The maximum absolute atomic E-state index is 5.47. The SMILES string of the molecule is CN(Cc1nc(-c2ccc(N3CCCC3)nc2)no1)C1CCCCC1. The van der Waals surface area contributed by atoms with E-state index in [4.69, 9.17) is 4.52 Å². The Hall–Kier alpha value is -1.95. The van der Waals surface area contributed by atoms with Gasteiger partial charge in [-0.05, 0) is 44.9 Å². The highest BCUT2D eigenvalue weighted by Gasteiger charge is 2.20. The molecule has 6 heteroatoms. The molecule has 1 aliphatic carbocycles. The molecule has 0 aromatic carbocycles. The Morgan fingerprint density at radius 3 is 2.64 bits per heavy atom. The molecule has 3 heterocycles. The summed E-state index contributed by atoms with van der Waals surface area (Å²) in [6.45, 7) is 2.93. The molecule has 25 heavy (non-hydrogen) atoms. The van der Waals surface area contributed by atoms with Gasteiger partial charge in [-0.15, -0.1) is 0 Å². The zero-order chi connectivity index (χ0) is 17.1. The normalized spacial score (nSPS) is 19.0. The zero-order valence-corrected chi connectivity index (χ0v) is 15.0. The highest BCUT2D eigenvalue weighted by atomic mass is 16.5. The first-order chi connectivity index (χ1) is 12.3. The summed E-state index contributed by atoms with van der Waals surface area (Å²) in [4.78, 5) is 13.8. The number of rotatable bonds is 5. The first-order valence-electron chi connectivity index (χ1n) is 9.54. The maximum Gasteiger partial charge on any atom is 0.241 e. The molecule has 6 nitrogen and oxygen atoms in total. The van der Waals surface area contributed by atoms with E-state index in [1.807, 2.05) is 12.3 Å². The van der Waals surface area contributed by atoms with Gasteiger partial charge in [0.1, 0.15) is 5.82 Å². The molecule has 2 aromatic rings. The third-order valence-corrected chi connectivity index (χ3v) is 5.49. The van der Waals surface area contributed by atoms with E-state index in [0.717, 1.165) is 31.0 Å². The molecule has 0 atom stereocenters. The standard InChI is InChI=1S/C19H27N5O/c1-23(16-7-3-2-4-8-16)14-18-21-19(22-25-18)15-9-10-17(20-13-15)24-11-5-6-12-24/h9-10,13,16H,2-8,11-12,14H2,1H3. The van der Waals surface area contributed by atoms with Gasteiger partial charge in [-0.25, -0.2) is 4.98 Å². The van der Waals surface area contributed by atoms with Crippen LogP contribution in [0.4, 0.5) is 5.82 Å². The van der Waals surface area contributed by atoms with Crippen molar-refractivity contribution in [3.63, 3.8) is 0 Å². The summed E-state index contributed by atoms with van der Waals surface area (Å²) in [5.41, 5.74) is 0.915. The van der Waals surface area contributed by atoms with Crippen molar-refractivity contribution in [3.8, 4) is 11.4 Å². The second kappa shape index (κ2) is 7.52. The van der Waals surface area contributed by atoms with Gasteiger partial charge in [0, 0.05) is 30.9 Å². The van der Waals surface area contributed by atoms with Crippen molar-refractivity contribution in [2.75, 3.05) is 25.0 Å². The number of hydrogen-bond acceptors (Lipinski definition) is 6. The number of nitrogens with zero attached hydrogens (tertiary/aromatic N) is 5. The lowest BCUT2D eigenvalue weighted by atomic mass is 9.94. The van der Waals surface area contributed by atoms with Crippen LogP contribution < -0.4 is 4.90 Å². The largest absolute Gasteiger partial charge is 0.357 e. The molecular weight excluding hydrogens is 314 g/mol. The van der Waals surface area contributed by atoms with Crippen molar-refractivity contribution in [2.45, 2.75) is 57.5 Å². The van der Waals surface area contributed by atoms with Gasteiger partial charge in [0.15, 0.2) is 0 Å². The maximum atomic E-state index is 5.47. The van der Waals surface area contributed by atoms with Crippen molar-refractivity contribution < 1.29 is 4.52 Å². The van der Waals surface area contributed by atoms with Crippen molar-refractivity contribution in [3.05, 3.63) is 24.2 Å². The third kappa shape index (κ3) is 3.84. The lowest BCUT2D eigenvalue weighted by Gasteiger charge is -2.29. The molecule has 1 aliphatic heterocycles. The van der Waals surface area contributed by atoms with Gasteiger partial charge < -0.3 is 9.42 Å². The molecule has 0 spiro atoms. The molecule has 0 N–H and O–H groups in total. The average molecular weight is 341 g/mol. The number of aromatic nitrogens is 3. The van der Waals surface area contributed by atoms with E-state index in [0.29, 0.717) is 17.8 Å². The Morgan fingerprint density at radius 2 is 1.92 bits per heavy atom. The van der Waals surface area contributed by atoms with E-state index in [2.05, 4.69) is 38.0 Å². The molecular formula is C19H27N5O. The van der Waals surface area contributed by atoms with E-state index >= 15 is 0 Å². The Kier molecular flexibility index (Phi) is 4.97. The van der Waals surface area contributed by atoms with Gasteiger partial charge in [0.2, 0.25) is 11.7 Å². The first kappa shape index (κ1) is 16.5. The molecule has 1 saturated carbocycles. The van der Waals surface area contributed by atoms with Crippen LogP contribution in [0.25, 0.3) is 11.4 Å². The molecule has 2 aromatic heterocycles. The van der Waals surface area contributed by atoms with Crippen molar-refractivity contribution >= 4 is 5.82 Å². The van der Waals surface area contributed by atoms with E-state index in [1.165, 1.54) is 44.9 Å². The molecule has 134 valence electrons. The minimum absolute atomic E-state index is 0.632. The highest BCUT2D eigenvalue weighted by molar-refractivity contribution is 5.56. The summed E-state index contributed by atoms with van der Waals surface area (Å²) in [5, 5.41) is 4.15. The second-order valence-electron chi connectivity index (χ2n) is 7.32. The number of anilines is 1. The van der Waals surface area contributed by atoms with Crippen molar-refractivity contribution in [1.29, 1.82) is 0 Å². The number of hydrogen-bond donors (Lipinski definition) is 0. The summed E-state index contributed by atoms with van der Waals surface area (Å²) >= 11 is 0. The molecule has 1 saturated heterocycles. The Bertz CT molecular complexity index is 671. The highest BCUT2D eigenvalue weighted by Crippen LogP contribution is 2.24. The van der Waals surface area contributed by atoms with Crippen LogP contribution in [-0.2, 0) is 6.54 Å². The fraction of sp³-hybridized carbons (Fsp3) is 0.632. The van der Waals surface area contributed by atoms with Crippen LogP contribution in [-0.4, -0.2) is 46.2 Å². The topological polar surface area (TPSA) is 58.3 Å². The van der Waals surface area contributed by atoms with Crippen LogP contribution in [0.1, 0.15) is 50.8 Å². The average Bonchev–Trinajstić information content (AvgIpc) is 3.35. The van der Waals surface area contributed by atoms with Crippen molar-refractivity contribution in [1.82, 2.24) is 20.0 Å². The molecule has 0 amide bonds. The summed E-state index contributed by atoms with van der Waals surface area (Å²) in [7, 11) is 2.16. The first-order valence-corrected chi connectivity index (χ1v) is 9.54. The molecule has 2 aliphatic rings. The van der Waals surface area contributed by atoms with Gasteiger partial charge in [-0.1, -0.05) is 24.4 Å². The third-order valence-electron chi connectivity index (χ3n) is 5.49. The van der Waals surface area contributed by atoms with Crippen LogP contribution >= 0.6 is 0 Å². The van der Waals surface area contributed by atoms with Gasteiger partial charge in [0.05, 0.1) is 6.54 Å². The minimum atomic E-state index is 0.632. The van der Waals surface area contributed by atoms with E-state index in [-0.39, 0.29) is 0 Å². The molecule has 0 radical (unpaired) electrons. The summed E-state index contributed by atoms with van der Waals surface area (Å²) in [5.74, 6) is 2.36. The molecule has 0 unspecified atom stereocenters. The Morgan fingerprint density at radius 1 is 1.12 bits per heavy atom. The predicted molar refractivity (Wildman–Crippen MR) is 97.3 cm³/mol. The smallest absolute Gasteiger partial charge is 0.241 e. The van der Waals surface area contributed by atoms with Gasteiger partial charge >= 0.3 is 0 Å². The van der Waals surface area contributed by atoms with Crippen LogP contribution in [0.2, 0.25) is 0 Å². The lowest BCUT2D eigenvalue weighted by molar-refractivity contribution is 0.165. The quantitative estimate of drug-likeness (QED) is 0.830. The van der Waals surface area contributed by atoms with Gasteiger partial charge in [-0.2, -0.15) is 4.98 Å². The molecule has 4 rings (SSSR count). The lowest BCUT2D eigenvalue weighted by Crippen LogP contribution is -2.32. The van der Waals surface area contributed by atoms with E-state index in [9.17, 15) is 0 Å². The summed E-state index contributed by atoms with van der Waals surface area (Å²) in [6, 6.07) is 4.75. The van der Waals surface area contributed by atoms with Crippen LogP contribution in [0.15, 0.2) is 22.9 Å². The van der Waals surface area contributed by atoms with Crippen LogP contribution in [0, 0.1) is 0 Å². The Labute approximate surface area is 149 Å². The monoisotopic (exact) mass is 341 g/mol. The summed E-state index contributed by atoms with van der Waals surface area (Å²) in [6.07, 6.45) is 11.0. The fourth-order valence-electron chi connectivity index (χ4n) is 3.95. The Balaban J connectivity index is 1.40. The predicted octanol–water partition coefficient (Wildman–Crippen LogP) is 3.50. The fourth-order valence-corrected chi connectivity index (χ4v) is 3.95. The van der Waals surface area contributed by atoms with E-state index in [1.54, 1.807) is 0 Å².